The van der Waals surface area contributed by atoms with Crippen molar-refractivity contribution in [2.24, 2.45) is 0 Å². The first-order valence-electron chi connectivity index (χ1n) is 11.5. The lowest BCUT2D eigenvalue weighted by Gasteiger charge is -2.38. The quantitative estimate of drug-likeness (QED) is 0.226. The van der Waals surface area contributed by atoms with E-state index in [1.165, 1.54) is 0 Å². The number of Topliss-reactive ketones (excluding diaryl/α,β-unsaturated/α-hetero) is 1. The van der Waals surface area contributed by atoms with E-state index in [1.807, 2.05) is 86.6 Å². The summed E-state index contributed by atoms with van der Waals surface area (Å²) >= 11 is 0. The van der Waals surface area contributed by atoms with E-state index >= 15 is 0 Å². The molecule has 4 aromatic carbocycles. The van der Waals surface area contributed by atoms with E-state index in [1.54, 1.807) is 0 Å². The summed E-state index contributed by atoms with van der Waals surface area (Å²) in [6.07, 6.45) is 0.112. The Balaban J connectivity index is 1.52. The number of aliphatic hydroxyl groups is 1. The second-order valence-corrected chi connectivity index (χ2v) is 9.49. The van der Waals surface area contributed by atoms with Gasteiger partial charge in [-0.2, -0.15) is 0 Å². The van der Waals surface area contributed by atoms with Crippen LogP contribution in [0.25, 0.3) is 32.8 Å². The average Bonchev–Trinajstić information content (AvgIpc) is 2.85. The molecular weight excluding hydrogens is 424 g/mol. The zero-order chi connectivity index (χ0) is 23.4. The van der Waals surface area contributed by atoms with Crippen LogP contribution >= 0.6 is 0 Å². The van der Waals surface area contributed by atoms with Crippen LogP contribution in [0.4, 0.5) is 0 Å². The Morgan fingerprint density at radius 1 is 0.941 bits per heavy atom. The monoisotopic (exact) mass is 448 g/mol. The number of hydrogen-bond acceptors (Lipinski definition) is 5. The van der Waals surface area contributed by atoms with Gasteiger partial charge in [0.2, 0.25) is 0 Å². The van der Waals surface area contributed by atoms with Crippen LogP contribution in [0.15, 0.2) is 72.8 Å². The van der Waals surface area contributed by atoms with Gasteiger partial charge in [0.15, 0.2) is 5.78 Å². The smallest absolute Gasteiger partial charge is 0.167 e. The van der Waals surface area contributed by atoms with Crippen molar-refractivity contribution in [3.63, 3.8) is 0 Å². The molecule has 0 saturated heterocycles. The lowest BCUT2D eigenvalue weighted by molar-refractivity contribution is -0.0396. The van der Waals surface area contributed by atoms with E-state index in [4.69, 9.17) is 14.7 Å². The number of rotatable bonds is 3. The van der Waals surface area contributed by atoms with Crippen molar-refractivity contribution in [3.8, 4) is 5.75 Å². The Morgan fingerprint density at radius 2 is 1.65 bits per heavy atom. The van der Waals surface area contributed by atoms with Crippen molar-refractivity contribution < 1.29 is 14.6 Å². The molecule has 0 bridgehead atoms. The molecule has 1 aliphatic heterocycles. The zero-order valence-electron chi connectivity index (χ0n) is 19.1. The first kappa shape index (κ1) is 20.8. The van der Waals surface area contributed by atoms with Crippen LogP contribution in [0.5, 0.6) is 5.75 Å². The third-order valence-corrected chi connectivity index (χ3v) is 6.74. The van der Waals surface area contributed by atoms with E-state index in [2.05, 4.69) is 0 Å². The van der Waals surface area contributed by atoms with Crippen LogP contribution in [0.2, 0.25) is 0 Å². The molecule has 168 valence electrons. The summed E-state index contributed by atoms with van der Waals surface area (Å²) < 4.78 is 6.31. The topological polar surface area (TPSA) is 72.3 Å². The van der Waals surface area contributed by atoms with Crippen molar-refractivity contribution in [1.29, 1.82) is 0 Å². The number of carbonyl (C=O) groups excluding carboxylic acids is 1. The van der Waals surface area contributed by atoms with Crippen LogP contribution in [-0.2, 0) is 12.8 Å². The molecular formula is C29H24N2O3. The summed E-state index contributed by atoms with van der Waals surface area (Å²) in [6, 6.07) is 23.2. The molecule has 2 heterocycles. The van der Waals surface area contributed by atoms with Crippen molar-refractivity contribution in [2.45, 2.75) is 38.4 Å². The van der Waals surface area contributed by atoms with Crippen LogP contribution in [0.3, 0.4) is 0 Å². The molecule has 1 N–H and O–H groups in total. The summed E-state index contributed by atoms with van der Waals surface area (Å²) in [5, 5.41) is 12.7. The third-order valence-electron chi connectivity index (χ3n) is 6.74. The lowest BCUT2D eigenvalue weighted by Crippen LogP contribution is -2.46. The Labute approximate surface area is 197 Å². The molecule has 6 rings (SSSR count). The molecule has 0 spiro atoms. The molecule has 1 aliphatic rings. The van der Waals surface area contributed by atoms with Crippen LogP contribution < -0.4 is 4.74 Å². The summed E-state index contributed by atoms with van der Waals surface area (Å²) in [4.78, 5) is 22.7. The number of ketones is 1. The van der Waals surface area contributed by atoms with Gasteiger partial charge in [0, 0.05) is 34.7 Å². The highest BCUT2D eigenvalue weighted by Crippen LogP contribution is 2.43. The largest absolute Gasteiger partial charge is 0.484 e. The minimum Gasteiger partial charge on any atom is -0.484 e. The number of carbonyl (C=O) groups is 1. The molecule has 34 heavy (non-hydrogen) atoms. The molecule has 1 unspecified atom stereocenters. The first-order valence-corrected chi connectivity index (χ1v) is 11.5. The van der Waals surface area contributed by atoms with Crippen molar-refractivity contribution in [2.75, 3.05) is 0 Å². The summed E-state index contributed by atoms with van der Waals surface area (Å²) in [6.45, 7) is 3.81. The maximum absolute atomic E-state index is 12.7. The molecule has 1 atom stereocenters. The Hall–Kier alpha value is -3.83. The second kappa shape index (κ2) is 7.61. The van der Waals surface area contributed by atoms with E-state index in [0.717, 1.165) is 49.7 Å². The van der Waals surface area contributed by atoms with Gasteiger partial charge >= 0.3 is 0 Å². The zero-order valence-corrected chi connectivity index (χ0v) is 19.1. The number of ether oxygens (including phenoxy) is 1. The molecule has 0 amide bonds. The van der Waals surface area contributed by atoms with Gasteiger partial charge in [0.1, 0.15) is 11.4 Å². The van der Waals surface area contributed by atoms with E-state index in [9.17, 15) is 9.90 Å². The number of fused-ring (bicyclic) bond motifs is 7. The van der Waals surface area contributed by atoms with Gasteiger partial charge in [0.05, 0.1) is 28.2 Å². The van der Waals surface area contributed by atoms with E-state index < -0.39 is 11.7 Å². The number of hydrogen-bond donors (Lipinski definition) is 1. The van der Waals surface area contributed by atoms with Gasteiger partial charge in [-0.25, -0.2) is 9.97 Å². The highest BCUT2D eigenvalue weighted by Gasteiger charge is 2.38. The minimum absolute atomic E-state index is 0.0713. The molecule has 0 fully saturated rings. The minimum atomic E-state index is -0.687. The standard InChI is InChI=1S/C29H24N2O3/c1-29(2)25(33)16-21-27-26(19-10-6-7-11-20(19)28(21)34-29)31-23-14-17(12-13-22(23)30-27)15-24(32)18-8-4-3-5-9-18/h3-14,25,33H,15-16H2,1-2H3. The fourth-order valence-electron chi connectivity index (χ4n) is 4.75. The summed E-state index contributed by atoms with van der Waals surface area (Å²) in [5.41, 5.74) is 4.83. The maximum atomic E-state index is 12.7. The maximum Gasteiger partial charge on any atom is 0.167 e. The molecule has 0 aliphatic carbocycles. The second-order valence-electron chi connectivity index (χ2n) is 9.49. The molecule has 0 radical (unpaired) electrons. The number of benzene rings is 4. The third kappa shape index (κ3) is 3.32. The van der Waals surface area contributed by atoms with E-state index in [-0.39, 0.29) is 5.78 Å². The Bertz CT molecular complexity index is 1590. The van der Waals surface area contributed by atoms with Gasteiger partial charge in [0.25, 0.3) is 0 Å². The van der Waals surface area contributed by atoms with Crippen molar-refractivity contribution >= 4 is 38.6 Å². The van der Waals surface area contributed by atoms with Crippen LogP contribution in [0, 0.1) is 0 Å². The molecule has 0 saturated carbocycles. The highest BCUT2D eigenvalue weighted by atomic mass is 16.5. The predicted octanol–water partition coefficient (Wildman–Crippen LogP) is 5.44. The predicted molar refractivity (Wildman–Crippen MR) is 133 cm³/mol. The Morgan fingerprint density at radius 3 is 2.44 bits per heavy atom. The average molecular weight is 449 g/mol. The van der Waals surface area contributed by atoms with Gasteiger partial charge < -0.3 is 9.84 Å². The normalized spacial score (nSPS) is 17.0. The number of nitrogens with zero attached hydrogens (tertiary/aromatic N) is 2. The Kier molecular flexibility index (Phi) is 4.64. The fourth-order valence-corrected chi connectivity index (χ4v) is 4.75. The van der Waals surface area contributed by atoms with E-state index in [0.29, 0.717) is 18.4 Å². The van der Waals surface area contributed by atoms with Gasteiger partial charge in [-0.05, 0) is 31.5 Å². The lowest BCUT2D eigenvalue weighted by atomic mass is 9.88. The molecule has 5 nitrogen and oxygen atoms in total. The highest BCUT2D eigenvalue weighted by molar-refractivity contribution is 6.11. The van der Waals surface area contributed by atoms with Crippen molar-refractivity contribution in [3.05, 3.63) is 89.5 Å². The molecule has 5 aromatic rings. The molecule has 1 aromatic heterocycles. The van der Waals surface area contributed by atoms with Crippen LogP contribution in [-0.4, -0.2) is 32.6 Å². The van der Waals surface area contributed by atoms with Crippen LogP contribution in [0.1, 0.15) is 35.3 Å². The SMILES string of the molecule is CC1(C)Oc2c(c3nc4ccc(CC(=O)c5ccccc5)cc4nc3c3ccccc23)CC1O. The van der Waals surface area contributed by atoms with Crippen molar-refractivity contribution in [1.82, 2.24) is 9.97 Å². The fraction of sp³-hybridized carbons (Fsp3) is 0.207. The van der Waals surface area contributed by atoms with Gasteiger partial charge in [-0.15, -0.1) is 0 Å². The number of aromatic nitrogens is 2. The summed E-state index contributed by atoms with van der Waals surface area (Å²) in [7, 11) is 0. The molecule has 5 heteroatoms. The first-order chi connectivity index (χ1) is 16.4. The summed E-state index contributed by atoms with van der Waals surface area (Å²) in [5.74, 6) is 0.846. The van der Waals surface area contributed by atoms with Gasteiger partial charge in [-0.3, -0.25) is 4.79 Å². The van der Waals surface area contributed by atoms with Gasteiger partial charge in [-0.1, -0.05) is 60.7 Å². The number of aliphatic hydroxyl groups excluding tert-OH is 1.